The molecule has 2 saturated heterocycles. The van der Waals surface area contributed by atoms with E-state index in [0.29, 0.717) is 24.6 Å². The Balaban J connectivity index is 1.69. The van der Waals surface area contributed by atoms with E-state index in [9.17, 15) is 8.42 Å². The molecule has 2 rings (SSSR count). The van der Waals surface area contributed by atoms with Crippen LogP contribution in [0.15, 0.2) is 4.99 Å². The van der Waals surface area contributed by atoms with Crippen molar-refractivity contribution in [3.05, 3.63) is 0 Å². The monoisotopic (exact) mass is 316 g/mol. The highest BCUT2D eigenvalue weighted by atomic mass is 32.2. The number of hydrogen-bond donors (Lipinski definition) is 1. The Kier molecular flexibility index (Phi) is 5.87. The summed E-state index contributed by atoms with van der Waals surface area (Å²) in [5.74, 6) is 2.39. The van der Waals surface area contributed by atoms with Crippen molar-refractivity contribution in [2.24, 2.45) is 10.9 Å². The van der Waals surface area contributed by atoms with Gasteiger partial charge in [0.25, 0.3) is 0 Å². The van der Waals surface area contributed by atoms with Crippen molar-refractivity contribution in [2.75, 3.05) is 57.8 Å². The fraction of sp³-hybridized carbons (Fsp3) is 0.929. The number of guanidine groups is 1. The lowest BCUT2D eigenvalue weighted by molar-refractivity contribution is 0.268. The molecule has 2 heterocycles. The Labute approximate surface area is 128 Å². The van der Waals surface area contributed by atoms with Crippen molar-refractivity contribution in [3.63, 3.8) is 0 Å². The van der Waals surface area contributed by atoms with Gasteiger partial charge in [-0.05, 0) is 18.8 Å². The predicted octanol–water partition coefficient (Wildman–Crippen LogP) is 0.0241. The molecule has 0 amide bonds. The molecule has 0 aromatic rings. The second-order valence-electron chi connectivity index (χ2n) is 6.14. The first-order valence-electron chi connectivity index (χ1n) is 7.88. The molecule has 0 saturated carbocycles. The Morgan fingerprint density at radius 1 is 1.19 bits per heavy atom. The fourth-order valence-corrected chi connectivity index (χ4v) is 4.13. The second-order valence-corrected chi connectivity index (χ2v) is 8.44. The zero-order chi connectivity index (χ0) is 15.3. The minimum atomic E-state index is -2.78. The molecule has 0 radical (unpaired) electrons. The summed E-state index contributed by atoms with van der Waals surface area (Å²) in [5.41, 5.74) is 0. The highest BCUT2D eigenvalue weighted by molar-refractivity contribution is 7.91. The first-order chi connectivity index (χ1) is 10.00. The summed E-state index contributed by atoms with van der Waals surface area (Å²) in [6, 6.07) is 0. The van der Waals surface area contributed by atoms with Gasteiger partial charge in [-0.15, -0.1) is 0 Å². The number of piperidine rings is 1. The van der Waals surface area contributed by atoms with E-state index in [1.54, 1.807) is 0 Å². The highest BCUT2D eigenvalue weighted by Crippen LogP contribution is 2.15. The van der Waals surface area contributed by atoms with Crippen molar-refractivity contribution in [1.29, 1.82) is 0 Å². The molecular weight excluding hydrogens is 288 g/mol. The van der Waals surface area contributed by atoms with Crippen molar-refractivity contribution in [3.8, 4) is 0 Å². The van der Waals surface area contributed by atoms with Gasteiger partial charge in [0, 0.05) is 46.3 Å². The summed E-state index contributed by atoms with van der Waals surface area (Å²) in [7, 11) is -0.951. The van der Waals surface area contributed by atoms with Crippen LogP contribution in [0.2, 0.25) is 0 Å². The standard InChI is InChI=1S/C14H28N4O2S/c1-13-3-6-18(7-4-13)14(15-2)16-5-8-17-9-11-21(19,20)12-10-17/h13H,3-12H2,1-2H3,(H,15,16). The van der Waals surface area contributed by atoms with Gasteiger partial charge in [0.15, 0.2) is 15.8 Å². The molecule has 7 heteroatoms. The zero-order valence-corrected chi connectivity index (χ0v) is 14.0. The number of hydrogen-bond acceptors (Lipinski definition) is 4. The summed E-state index contributed by atoms with van der Waals surface area (Å²) < 4.78 is 22.8. The molecule has 2 aliphatic rings. The predicted molar refractivity (Wildman–Crippen MR) is 86.4 cm³/mol. The third kappa shape index (κ3) is 5.14. The fourth-order valence-electron chi connectivity index (χ4n) is 2.85. The largest absolute Gasteiger partial charge is 0.355 e. The van der Waals surface area contributed by atoms with Crippen LogP contribution < -0.4 is 5.32 Å². The summed E-state index contributed by atoms with van der Waals surface area (Å²) in [4.78, 5) is 8.89. The molecule has 0 unspecified atom stereocenters. The van der Waals surface area contributed by atoms with Crippen LogP contribution in [-0.2, 0) is 9.84 Å². The number of aliphatic imine (C=N–C) groups is 1. The lowest BCUT2D eigenvalue weighted by Crippen LogP contribution is -2.48. The molecule has 0 aromatic carbocycles. The first kappa shape index (κ1) is 16.5. The van der Waals surface area contributed by atoms with Gasteiger partial charge >= 0.3 is 0 Å². The van der Waals surface area contributed by atoms with E-state index in [2.05, 4.69) is 27.0 Å². The number of nitrogens with one attached hydrogen (secondary N) is 1. The molecule has 0 atom stereocenters. The average molecular weight is 316 g/mol. The van der Waals surface area contributed by atoms with Gasteiger partial charge in [-0.3, -0.25) is 9.89 Å². The van der Waals surface area contributed by atoms with Crippen LogP contribution in [0.25, 0.3) is 0 Å². The minimum absolute atomic E-state index is 0.297. The molecular formula is C14H28N4O2S. The molecule has 2 fully saturated rings. The summed E-state index contributed by atoms with van der Waals surface area (Å²) in [6.07, 6.45) is 2.45. The highest BCUT2D eigenvalue weighted by Gasteiger charge is 2.22. The average Bonchev–Trinajstić information content (AvgIpc) is 2.46. The van der Waals surface area contributed by atoms with Crippen LogP contribution >= 0.6 is 0 Å². The van der Waals surface area contributed by atoms with Gasteiger partial charge in [0.1, 0.15) is 0 Å². The van der Waals surface area contributed by atoms with Gasteiger partial charge < -0.3 is 10.2 Å². The molecule has 1 N–H and O–H groups in total. The Hall–Kier alpha value is -0.820. The molecule has 0 aliphatic carbocycles. The smallest absolute Gasteiger partial charge is 0.193 e. The van der Waals surface area contributed by atoms with Crippen LogP contribution in [0, 0.1) is 5.92 Å². The van der Waals surface area contributed by atoms with Gasteiger partial charge in [-0.2, -0.15) is 0 Å². The third-order valence-corrected chi connectivity index (χ3v) is 6.05. The quantitative estimate of drug-likeness (QED) is 0.588. The minimum Gasteiger partial charge on any atom is -0.355 e. The van der Waals surface area contributed by atoms with E-state index in [1.165, 1.54) is 12.8 Å². The third-order valence-electron chi connectivity index (χ3n) is 4.44. The van der Waals surface area contributed by atoms with Gasteiger partial charge in [0.05, 0.1) is 11.5 Å². The maximum Gasteiger partial charge on any atom is 0.193 e. The lowest BCUT2D eigenvalue weighted by atomic mass is 10.00. The number of sulfone groups is 1. The van der Waals surface area contributed by atoms with E-state index in [-0.39, 0.29) is 0 Å². The lowest BCUT2D eigenvalue weighted by Gasteiger charge is -2.33. The molecule has 122 valence electrons. The maximum atomic E-state index is 11.4. The van der Waals surface area contributed by atoms with E-state index in [1.807, 2.05) is 7.05 Å². The van der Waals surface area contributed by atoms with Crippen LogP contribution in [0.4, 0.5) is 0 Å². The van der Waals surface area contributed by atoms with Gasteiger partial charge in [0.2, 0.25) is 0 Å². The van der Waals surface area contributed by atoms with Crippen molar-refractivity contribution in [2.45, 2.75) is 19.8 Å². The molecule has 2 aliphatic heterocycles. The Bertz CT molecular complexity index is 442. The number of nitrogens with zero attached hydrogens (tertiary/aromatic N) is 3. The molecule has 6 nitrogen and oxygen atoms in total. The van der Waals surface area contributed by atoms with E-state index in [4.69, 9.17) is 0 Å². The van der Waals surface area contributed by atoms with Crippen LogP contribution in [0.1, 0.15) is 19.8 Å². The number of rotatable bonds is 3. The zero-order valence-electron chi connectivity index (χ0n) is 13.2. The normalized spacial score (nSPS) is 25.0. The van der Waals surface area contributed by atoms with Crippen molar-refractivity contribution in [1.82, 2.24) is 15.1 Å². The molecule has 0 spiro atoms. The molecule has 21 heavy (non-hydrogen) atoms. The van der Waals surface area contributed by atoms with Crippen LogP contribution in [0.3, 0.4) is 0 Å². The van der Waals surface area contributed by atoms with E-state index in [0.717, 1.165) is 38.1 Å². The van der Waals surface area contributed by atoms with Gasteiger partial charge in [-0.25, -0.2) is 8.42 Å². The van der Waals surface area contributed by atoms with E-state index >= 15 is 0 Å². The van der Waals surface area contributed by atoms with Crippen LogP contribution in [-0.4, -0.2) is 82.0 Å². The summed E-state index contributed by atoms with van der Waals surface area (Å²) in [5, 5.41) is 3.41. The molecule has 0 bridgehead atoms. The SMILES string of the molecule is CN=C(NCCN1CCS(=O)(=O)CC1)N1CCC(C)CC1. The van der Waals surface area contributed by atoms with Crippen LogP contribution in [0.5, 0.6) is 0 Å². The Morgan fingerprint density at radius 2 is 1.81 bits per heavy atom. The summed E-state index contributed by atoms with van der Waals surface area (Å²) >= 11 is 0. The maximum absolute atomic E-state index is 11.4. The number of likely N-dealkylation sites (tertiary alicyclic amines) is 1. The van der Waals surface area contributed by atoms with E-state index < -0.39 is 9.84 Å². The van der Waals surface area contributed by atoms with Crippen molar-refractivity contribution >= 4 is 15.8 Å². The second kappa shape index (κ2) is 7.45. The van der Waals surface area contributed by atoms with Crippen molar-refractivity contribution < 1.29 is 8.42 Å². The molecule has 0 aromatic heterocycles. The topological polar surface area (TPSA) is 65.0 Å². The summed E-state index contributed by atoms with van der Waals surface area (Å²) in [6.45, 7) is 7.45. The Morgan fingerprint density at radius 3 is 2.38 bits per heavy atom. The van der Waals surface area contributed by atoms with Gasteiger partial charge in [-0.1, -0.05) is 6.92 Å². The first-order valence-corrected chi connectivity index (χ1v) is 9.71.